The van der Waals surface area contributed by atoms with Crippen molar-refractivity contribution in [1.82, 2.24) is 4.67 Å². The third-order valence-electron chi connectivity index (χ3n) is 3.03. The van der Waals surface area contributed by atoms with Crippen LogP contribution in [0.3, 0.4) is 0 Å². The Kier molecular flexibility index (Phi) is 3.06. The van der Waals surface area contributed by atoms with Gasteiger partial charge in [-0.3, -0.25) is 0 Å². The standard InChI is InChI=1S/C14H14NPSe/c17-16(15-11-12-15,13-7-3-1-4-8-13)14-9-5-2-6-10-14/h1-10H,11-12H2. The Bertz CT molecular complexity index is 505. The van der Waals surface area contributed by atoms with Crippen LogP contribution in [0.1, 0.15) is 0 Å². The van der Waals surface area contributed by atoms with Crippen LogP contribution >= 0.6 is 5.66 Å². The molecule has 2 aromatic carbocycles. The van der Waals surface area contributed by atoms with Gasteiger partial charge in [-0.05, 0) is 0 Å². The molecule has 86 valence electrons. The van der Waals surface area contributed by atoms with E-state index in [0.29, 0.717) is 0 Å². The van der Waals surface area contributed by atoms with E-state index >= 15 is 0 Å². The Labute approximate surface area is 110 Å². The molecule has 1 saturated heterocycles. The molecule has 1 fully saturated rings. The SMILES string of the molecule is [Se]=P(c1ccccc1)(c1ccccc1)N1CC1. The van der Waals surface area contributed by atoms with E-state index in [-0.39, 0.29) is 0 Å². The number of nitrogens with zero attached hydrogens (tertiary/aromatic N) is 1. The Morgan fingerprint density at radius 3 is 1.53 bits per heavy atom. The second kappa shape index (κ2) is 4.55. The predicted molar refractivity (Wildman–Crippen MR) is 76.4 cm³/mol. The van der Waals surface area contributed by atoms with Gasteiger partial charge in [0.15, 0.2) is 0 Å². The van der Waals surface area contributed by atoms with Crippen LogP contribution in [-0.2, 0) is 0 Å². The van der Waals surface area contributed by atoms with Gasteiger partial charge in [-0.25, -0.2) is 0 Å². The summed E-state index contributed by atoms with van der Waals surface area (Å²) >= 11 is 3.52. The van der Waals surface area contributed by atoms with E-state index in [0.717, 1.165) is 0 Å². The Morgan fingerprint density at radius 2 is 1.18 bits per heavy atom. The molecule has 0 amide bonds. The molecule has 0 aromatic heterocycles. The second-order valence-electron chi connectivity index (χ2n) is 4.20. The van der Waals surface area contributed by atoms with Crippen LogP contribution in [0.25, 0.3) is 0 Å². The van der Waals surface area contributed by atoms with Crippen molar-refractivity contribution in [2.45, 2.75) is 0 Å². The summed E-state index contributed by atoms with van der Waals surface area (Å²) < 4.78 is 2.57. The molecule has 1 nitrogen and oxygen atoms in total. The van der Waals surface area contributed by atoms with Gasteiger partial charge in [0.1, 0.15) is 0 Å². The maximum absolute atomic E-state index is 3.52. The molecule has 0 saturated carbocycles. The average molecular weight is 306 g/mol. The fourth-order valence-electron chi connectivity index (χ4n) is 2.06. The quantitative estimate of drug-likeness (QED) is 0.476. The van der Waals surface area contributed by atoms with E-state index in [4.69, 9.17) is 0 Å². The third kappa shape index (κ3) is 2.07. The Hall–Kier alpha value is -0.651. The number of hydrogen-bond donors (Lipinski definition) is 0. The van der Waals surface area contributed by atoms with Gasteiger partial charge in [0.25, 0.3) is 0 Å². The molecule has 17 heavy (non-hydrogen) atoms. The number of rotatable bonds is 3. The molecule has 2 aromatic rings. The van der Waals surface area contributed by atoms with Crippen LogP contribution in [0.2, 0.25) is 0 Å². The zero-order chi connectivity index (χ0) is 11.7. The summed E-state index contributed by atoms with van der Waals surface area (Å²) in [6.45, 7) is 2.43. The van der Waals surface area contributed by atoms with Gasteiger partial charge in [0.05, 0.1) is 0 Å². The second-order valence-corrected chi connectivity index (χ2v) is 10.3. The minimum absolute atomic E-state index is 1.21. The minimum atomic E-state index is -1.43. The van der Waals surface area contributed by atoms with E-state index in [9.17, 15) is 0 Å². The van der Waals surface area contributed by atoms with Gasteiger partial charge in [-0.1, -0.05) is 0 Å². The van der Waals surface area contributed by atoms with Gasteiger partial charge in [-0.15, -0.1) is 0 Å². The molecule has 3 heteroatoms. The summed E-state index contributed by atoms with van der Waals surface area (Å²) in [5.41, 5.74) is -1.43. The Morgan fingerprint density at radius 1 is 0.765 bits per heavy atom. The van der Waals surface area contributed by atoms with Crippen molar-refractivity contribution in [3.8, 4) is 0 Å². The van der Waals surface area contributed by atoms with Crippen LogP contribution in [-0.4, -0.2) is 32.9 Å². The molecule has 0 aliphatic carbocycles. The first-order chi connectivity index (χ1) is 8.32. The van der Waals surface area contributed by atoms with Crippen molar-refractivity contribution in [1.29, 1.82) is 0 Å². The first-order valence-corrected chi connectivity index (χ1v) is 9.74. The fourth-order valence-corrected chi connectivity index (χ4v) is 7.38. The summed E-state index contributed by atoms with van der Waals surface area (Å²) in [6.07, 6.45) is 0. The van der Waals surface area contributed by atoms with Crippen molar-refractivity contribution in [3.05, 3.63) is 60.7 Å². The van der Waals surface area contributed by atoms with E-state index in [1.807, 2.05) is 0 Å². The van der Waals surface area contributed by atoms with Crippen molar-refractivity contribution < 1.29 is 0 Å². The average Bonchev–Trinajstić information content (AvgIpc) is 3.24. The molecule has 0 radical (unpaired) electrons. The summed E-state index contributed by atoms with van der Waals surface area (Å²) in [5, 5.41) is 2.87. The summed E-state index contributed by atoms with van der Waals surface area (Å²) in [6, 6.07) is 21.7. The maximum atomic E-state index is 3.52. The zero-order valence-electron chi connectivity index (χ0n) is 9.49. The molecule has 3 rings (SSSR count). The van der Waals surface area contributed by atoms with Crippen molar-refractivity contribution in [2.24, 2.45) is 0 Å². The van der Waals surface area contributed by atoms with E-state index in [1.54, 1.807) is 0 Å². The Balaban J connectivity index is 2.15. The molecular formula is C14H14NPSe. The summed E-state index contributed by atoms with van der Waals surface area (Å²) in [7, 11) is 0. The third-order valence-corrected chi connectivity index (χ3v) is 10.3. The van der Waals surface area contributed by atoms with E-state index < -0.39 is 5.66 Å². The van der Waals surface area contributed by atoms with Gasteiger partial charge in [0, 0.05) is 0 Å². The van der Waals surface area contributed by atoms with Crippen LogP contribution in [0.4, 0.5) is 0 Å². The monoisotopic (exact) mass is 307 g/mol. The van der Waals surface area contributed by atoms with Crippen LogP contribution in [0.15, 0.2) is 60.7 Å². The number of benzene rings is 2. The first kappa shape index (κ1) is 11.4. The van der Waals surface area contributed by atoms with Crippen LogP contribution in [0, 0.1) is 0 Å². The normalized spacial score (nSPS) is 15.8. The summed E-state index contributed by atoms with van der Waals surface area (Å²) in [4.78, 5) is 0. The fraction of sp³-hybridized carbons (Fsp3) is 0.143. The molecule has 1 aliphatic rings. The molecular weight excluding hydrogens is 292 g/mol. The first-order valence-electron chi connectivity index (χ1n) is 5.78. The predicted octanol–water partition coefficient (Wildman–Crippen LogP) is 1.97. The van der Waals surface area contributed by atoms with E-state index in [2.05, 4.69) is 80.4 Å². The van der Waals surface area contributed by atoms with Crippen molar-refractivity contribution >= 4 is 31.4 Å². The molecule has 1 heterocycles. The van der Waals surface area contributed by atoms with Gasteiger partial charge in [-0.2, -0.15) is 0 Å². The van der Waals surface area contributed by atoms with Crippen molar-refractivity contribution in [3.63, 3.8) is 0 Å². The molecule has 0 bridgehead atoms. The molecule has 0 unspecified atom stereocenters. The number of hydrogen-bond acceptors (Lipinski definition) is 1. The van der Waals surface area contributed by atoms with Gasteiger partial charge in [0.2, 0.25) is 0 Å². The van der Waals surface area contributed by atoms with Gasteiger partial charge >= 0.3 is 110 Å². The van der Waals surface area contributed by atoms with Gasteiger partial charge < -0.3 is 0 Å². The molecule has 0 N–H and O–H groups in total. The van der Waals surface area contributed by atoms with Crippen molar-refractivity contribution in [2.75, 3.05) is 13.1 Å². The topological polar surface area (TPSA) is 3.01 Å². The summed E-state index contributed by atoms with van der Waals surface area (Å²) in [5.74, 6) is 0. The molecule has 1 aliphatic heterocycles. The molecule has 0 spiro atoms. The van der Waals surface area contributed by atoms with Crippen LogP contribution in [0.5, 0.6) is 0 Å². The van der Waals surface area contributed by atoms with E-state index in [1.165, 1.54) is 23.7 Å². The zero-order valence-corrected chi connectivity index (χ0v) is 12.1. The molecule has 0 atom stereocenters. The van der Waals surface area contributed by atoms with Crippen LogP contribution < -0.4 is 10.6 Å².